The number of pyridine rings is 1. The van der Waals surface area contributed by atoms with E-state index in [1.54, 1.807) is 17.0 Å². The van der Waals surface area contributed by atoms with Crippen molar-refractivity contribution in [2.24, 2.45) is 0 Å². The van der Waals surface area contributed by atoms with Gasteiger partial charge in [-0.25, -0.2) is 0 Å². The van der Waals surface area contributed by atoms with Crippen LogP contribution < -0.4 is 10.5 Å². The van der Waals surface area contributed by atoms with Gasteiger partial charge in [0.2, 0.25) is 0 Å². The van der Waals surface area contributed by atoms with E-state index in [-0.39, 0.29) is 23.7 Å². The third kappa shape index (κ3) is 4.15. The maximum Gasteiger partial charge on any atom is 0.269 e. The number of anilines is 1. The van der Waals surface area contributed by atoms with Gasteiger partial charge >= 0.3 is 0 Å². The molecule has 0 aliphatic carbocycles. The van der Waals surface area contributed by atoms with Crippen molar-refractivity contribution < 1.29 is 9.72 Å². The Labute approximate surface area is 161 Å². The molecule has 0 spiro atoms. The Bertz CT molecular complexity index is 1040. The van der Waals surface area contributed by atoms with Gasteiger partial charge in [-0.3, -0.25) is 19.7 Å². The number of carbonyl (C=O) groups is 1. The zero-order chi connectivity index (χ0) is 20.1. The van der Waals surface area contributed by atoms with Crippen LogP contribution >= 0.6 is 0 Å². The molecule has 0 saturated carbocycles. The number of benzene rings is 2. The second-order valence-electron chi connectivity index (χ2n) is 6.19. The molecule has 0 N–H and O–H groups in total. The third-order valence-electron chi connectivity index (χ3n) is 4.36. The molecule has 0 saturated heterocycles. The molecule has 7 nitrogen and oxygen atoms in total. The average molecular weight is 377 g/mol. The van der Waals surface area contributed by atoms with Crippen molar-refractivity contribution in [2.45, 2.75) is 13.5 Å². The van der Waals surface area contributed by atoms with Gasteiger partial charge in [-0.1, -0.05) is 30.3 Å². The molecule has 0 radical (unpaired) electrons. The highest BCUT2D eigenvalue weighted by molar-refractivity contribution is 6.05. The maximum absolute atomic E-state index is 12.9. The minimum Gasteiger partial charge on any atom is -0.310 e. The molecule has 1 heterocycles. The maximum atomic E-state index is 12.9. The SMILES string of the molecule is CCN(C(=O)c1ccc(=O)n(Cc2ccc([N+](=O)[O-])cc2)c1)c1ccccc1. The molecule has 0 fully saturated rings. The van der Waals surface area contributed by atoms with Gasteiger partial charge in [0.25, 0.3) is 17.2 Å². The molecule has 3 rings (SSSR count). The molecule has 28 heavy (non-hydrogen) atoms. The predicted octanol–water partition coefficient (Wildman–Crippen LogP) is 3.47. The Morgan fingerprint density at radius 2 is 1.71 bits per heavy atom. The number of amides is 1. The van der Waals surface area contributed by atoms with Gasteiger partial charge in [0.15, 0.2) is 0 Å². The van der Waals surface area contributed by atoms with Crippen LogP contribution in [-0.4, -0.2) is 21.9 Å². The van der Waals surface area contributed by atoms with Crippen LogP contribution in [0.5, 0.6) is 0 Å². The molecule has 0 bridgehead atoms. The summed E-state index contributed by atoms with van der Waals surface area (Å²) in [5, 5.41) is 10.8. The summed E-state index contributed by atoms with van der Waals surface area (Å²) in [5.41, 5.74) is 1.64. The summed E-state index contributed by atoms with van der Waals surface area (Å²) in [6.45, 7) is 2.59. The van der Waals surface area contributed by atoms with E-state index in [9.17, 15) is 19.7 Å². The first kappa shape index (κ1) is 19.0. The number of nitro groups is 1. The lowest BCUT2D eigenvalue weighted by atomic mass is 10.2. The topological polar surface area (TPSA) is 85.5 Å². The first-order valence-corrected chi connectivity index (χ1v) is 8.80. The summed E-state index contributed by atoms with van der Waals surface area (Å²) >= 11 is 0. The van der Waals surface area contributed by atoms with E-state index in [1.807, 2.05) is 37.3 Å². The van der Waals surface area contributed by atoms with Gasteiger partial charge < -0.3 is 9.47 Å². The van der Waals surface area contributed by atoms with Gasteiger partial charge in [0, 0.05) is 36.6 Å². The molecule has 142 valence electrons. The van der Waals surface area contributed by atoms with Crippen LogP contribution in [0.15, 0.2) is 77.7 Å². The minimum absolute atomic E-state index is 0.0125. The van der Waals surface area contributed by atoms with E-state index >= 15 is 0 Å². The number of para-hydroxylation sites is 1. The van der Waals surface area contributed by atoms with E-state index in [4.69, 9.17) is 0 Å². The molecule has 2 aromatic carbocycles. The summed E-state index contributed by atoms with van der Waals surface area (Å²) in [7, 11) is 0. The zero-order valence-electron chi connectivity index (χ0n) is 15.3. The highest BCUT2D eigenvalue weighted by Crippen LogP contribution is 2.17. The Kier molecular flexibility index (Phi) is 5.64. The first-order chi connectivity index (χ1) is 13.5. The Morgan fingerprint density at radius 3 is 2.32 bits per heavy atom. The number of nitro benzene ring substituents is 1. The second kappa shape index (κ2) is 8.30. The highest BCUT2D eigenvalue weighted by Gasteiger charge is 2.17. The number of non-ortho nitro benzene ring substituents is 1. The van der Waals surface area contributed by atoms with E-state index < -0.39 is 4.92 Å². The van der Waals surface area contributed by atoms with E-state index in [1.165, 1.54) is 35.0 Å². The number of nitrogens with zero attached hydrogens (tertiary/aromatic N) is 3. The summed E-state index contributed by atoms with van der Waals surface area (Å²) < 4.78 is 1.42. The zero-order valence-corrected chi connectivity index (χ0v) is 15.3. The molecule has 0 aliphatic rings. The van der Waals surface area contributed by atoms with Crippen LogP contribution in [0.4, 0.5) is 11.4 Å². The second-order valence-corrected chi connectivity index (χ2v) is 6.19. The van der Waals surface area contributed by atoms with Crippen LogP contribution in [0, 0.1) is 10.1 Å². The molecular weight excluding hydrogens is 358 g/mol. The van der Waals surface area contributed by atoms with Crippen molar-refractivity contribution in [3.63, 3.8) is 0 Å². The Morgan fingerprint density at radius 1 is 1.04 bits per heavy atom. The summed E-state index contributed by atoms with van der Waals surface area (Å²) in [6.07, 6.45) is 1.53. The normalized spacial score (nSPS) is 10.5. The van der Waals surface area contributed by atoms with Crippen molar-refractivity contribution in [1.29, 1.82) is 0 Å². The summed E-state index contributed by atoms with van der Waals surface area (Å²) in [4.78, 5) is 37.1. The van der Waals surface area contributed by atoms with Crippen molar-refractivity contribution >= 4 is 17.3 Å². The lowest BCUT2D eigenvalue weighted by Gasteiger charge is -2.21. The minimum atomic E-state index is -0.474. The fourth-order valence-electron chi connectivity index (χ4n) is 2.91. The largest absolute Gasteiger partial charge is 0.310 e. The fraction of sp³-hybridized carbons (Fsp3) is 0.143. The van der Waals surface area contributed by atoms with Crippen molar-refractivity contribution in [1.82, 2.24) is 4.57 Å². The van der Waals surface area contributed by atoms with Crippen LogP contribution in [0.2, 0.25) is 0 Å². The number of hydrogen-bond acceptors (Lipinski definition) is 4. The number of hydrogen-bond donors (Lipinski definition) is 0. The smallest absolute Gasteiger partial charge is 0.269 e. The number of carbonyl (C=O) groups excluding carboxylic acids is 1. The van der Waals surface area contributed by atoms with E-state index in [2.05, 4.69) is 0 Å². The molecule has 3 aromatic rings. The molecule has 1 aromatic heterocycles. The van der Waals surface area contributed by atoms with Crippen molar-refractivity contribution in [3.8, 4) is 0 Å². The van der Waals surface area contributed by atoms with Gasteiger partial charge in [-0.2, -0.15) is 0 Å². The van der Waals surface area contributed by atoms with Gasteiger partial charge in [-0.15, -0.1) is 0 Å². The summed E-state index contributed by atoms with van der Waals surface area (Å²) in [6, 6.07) is 18.2. The number of aromatic nitrogens is 1. The molecule has 0 unspecified atom stereocenters. The van der Waals surface area contributed by atoms with Gasteiger partial charge in [0.1, 0.15) is 0 Å². The number of rotatable bonds is 6. The van der Waals surface area contributed by atoms with Gasteiger partial charge in [-0.05, 0) is 30.7 Å². The van der Waals surface area contributed by atoms with Crippen molar-refractivity contribution in [3.05, 3.63) is 105 Å². The molecule has 0 aliphatic heterocycles. The molecule has 1 amide bonds. The van der Waals surface area contributed by atoms with Crippen LogP contribution in [0.3, 0.4) is 0 Å². The van der Waals surface area contributed by atoms with E-state index in [0.29, 0.717) is 12.1 Å². The monoisotopic (exact) mass is 377 g/mol. The predicted molar refractivity (Wildman–Crippen MR) is 107 cm³/mol. The van der Waals surface area contributed by atoms with Crippen molar-refractivity contribution in [2.75, 3.05) is 11.4 Å². The molecule has 7 heteroatoms. The standard InChI is InChI=1S/C21H19N3O4/c1-2-23(18-6-4-3-5-7-18)21(26)17-10-13-20(25)22(15-17)14-16-8-11-19(12-9-16)24(27)28/h3-13,15H,2,14H2,1H3. The van der Waals surface area contributed by atoms with Gasteiger partial charge in [0.05, 0.1) is 17.0 Å². The van der Waals surface area contributed by atoms with Crippen LogP contribution in [0.1, 0.15) is 22.8 Å². The molecule has 0 atom stereocenters. The third-order valence-corrected chi connectivity index (χ3v) is 4.36. The lowest BCUT2D eigenvalue weighted by molar-refractivity contribution is -0.384. The Hall–Kier alpha value is -3.74. The Balaban J connectivity index is 1.87. The summed E-state index contributed by atoms with van der Waals surface area (Å²) in [5.74, 6) is -0.203. The van der Waals surface area contributed by atoms with E-state index in [0.717, 1.165) is 11.3 Å². The molecular formula is C21H19N3O4. The first-order valence-electron chi connectivity index (χ1n) is 8.80. The average Bonchev–Trinajstić information content (AvgIpc) is 2.71. The highest BCUT2D eigenvalue weighted by atomic mass is 16.6. The fourth-order valence-corrected chi connectivity index (χ4v) is 2.91. The van der Waals surface area contributed by atoms with Crippen LogP contribution in [-0.2, 0) is 6.54 Å². The lowest BCUT2D eigenvalue weighted by Crippen LogP contribution is -2.32. The van der Waals surface area contributed by atoms with Crippen LogP contribution in [0.25, 0.3) is 0 Å². The quantitative estimate of drug-likeness (QED) is 0.486.